The third-order valence-electron chi connectivity index (χ3n) is 4.10. The molecule has 0 aromatic carbocycles. The lowest BCUT2D eigenvalue weighted by Gasteiger charge is -2.03. The first-order valence-electron chi connectivity index (χ1n) is 9.21. The summed E-state index contributed by atoms with van der Waals surface area (Å²) in [5.74, 6) is 0. The monoisotopic (exact) mass is 357 g/mol. The fraction of sp³-hybridized carbons (Fsp3) is 1.00. The van der Waals surface area contributed by atoms with Crippen molar-refractivity contribution in [3.05, 3.63) is 0 Å². The van der Waals surface area contributed by atoms with Crippen LogP contribution in [0.1, 0.15) is 110 Å². The van der Waals surface area contributed by atoms with Crippen LogP contribution in [0.5, 0.6) is 0 Å². The van der Waals surface area contributed by atoms with E-state index >= 15 is 0 Å². The van der Waals surface area contributed by atoms with E-state index in [1.54, 1.807) is 0 Å². The molecule has 0 aliphatic carbocycles. The maximum absolute atomic E-state index is 2.30. The molecule has 0 aromatic heterocycles. The molecule has 0 atom stereocenters. The van der Waals surface area contributed by atoms with Gasteiger partial charge in [0, 0.05) is 0 Å². The van der Waals surface area contributed by atoms with Gasteiger partial charge in [-0.25, -0.2) is 0 Å². The van der Waals surface area contributed by atoms with Gasteiger partial charge in [0.15, 0.2) is 0 Å². The Bertz CT molecular complexity index is 134. The van der Waals surface area contributed by atoms with Gasteiger partial charge in [-0.3, -0.25) is 0 Å². The molecule has 0 aliphatic heterocycles. The van der Waals surface area contributed by atoms with Gasteiger partial charge in [-0.05, 0) is 0 Å². The van der Waals surface area contributed by atoms with E-state index in [-0.39, 0.29) is 17.0 Å². The van der Waals surface area contributed by atoms with E-state index in [2.05, 4.69) is 28.6 Å². The number of rotatable bonds is 16. The van der Waals surface area contributed by atoms with E-state index < -0.39 is 0 Å². The van der Waals surface area contributed by atoms with Gasteiger partial charge in [-0.1, -0.05) is 110 Å². The number of hydrogen-bond acceptors (Lipinski definition) is 0. The minimum absolute atomic E-state index is 0. The molecule has 0 saturated heterocycles. The number of unbranched alkanes of at least 4 members (excludes halogenated alkanes) is 15. The zero-order chi connectivity index (χ0) is 14.0. The van der Waals surface area contributed by atoms with Crippen molar-refractivity contribution in [1.82, 2.24) is 0 Å². The second kappa shape index (κ2) is 22.5. The molecule has 0 fully saturated rings. The third kappa shape index (κ3) is 21.5. The van der Waals surface area contributed by atoms with Crippen LogP contribution in [0.15, 0.2) is 0 Å². The highest BCUT2D eigenvalue weighted by molar-refractivity contribution is 8.93. The predicted octanol–water partition coefficient (Wildman–Crippen LogP) is 7.41. The Morgan fingerprint density at radius 2 is 0.700 bits per heavy atom. The molecule has 0 unspecified atom stereocenters. The first-order chi connectivity index (χ1) is 9.41. The smallest absolute Gasteiger partial charge is 0.177 e. The summed E-state index contributed by atoms with van der Waals surface area (Å²) in [5, 5.41) is 0. The maximum atomic E-state index is 2.30. The van der Waals surface area contributed by atoms with E-state index in [1.807, 2.05) is 0 Å². The standard InChI is InChI=1S/C18H37.BrH.Mg/c1-3-5-7-9-11-13-15-17-18-16-14-12-10-8-6-4-2;;/h1,3-18H2,2H3;1H;. The summed E-state index contributed by atoms with van der Waals surface area (Å²) in [6.07, 6.45) is 23.6. The average Bonchev–Trinajstić information content (AvgIpc) is 2.43. The average molecular weight is 359 g/mol. The van der Waals surface area contributed by atoms with Gasteiger partial charge in [-0.15, -0.1) is 17.0 Å². The fourth-order valence-corrected chi connectivity index (χ4v) is 3.08. The molecule has 0 N–H and O–H groups in total. The minimum Gasteiger partial charge on any atom is -0.177 e. The summed E-state index contributed by atoms with van der Waals surface area (Å²) < 4.78 is 1.40. The normalized spacial score (nSPS) is 10.4. The highest BCUT2D eigenvalue weighted by Crippen LogP contribution is 2.13. The summed E-state index contributed by atoms with van der Waals surface area (Å²) in [6, 6.07) is 0. The van der Waals surface area contributed by atoms with E-state index in [0.29, 0.717) is 0 Å². The Balaban J connectivity index is 0. The Hall–Kier alpha value is 1.25. The molecule has 0 heterocycles. The molecular formula is C18H38BrMg. The zero-order valence-corrected chi connectivity index (χ0v) is 17.3. The van der Waals surface area contributed by atoms with Crippen LogP contribution in [0.25, 0.3) is 0 Å². The first kappa shape index (κ1) is 23.5. The van der Waals surface area contributed by atoms with Gasteiger partial charge in [0.25, 0.3) is 0 Å². The molecule has 0 aliphatic rings. The van der Waals surface area contributed by atoms with Crippen molar-refractivity contribution < 1.29 is 0 Å². The molecule has 20 heavy (non-hydrogen) atoms. The quantitative estimate of drug-likeness (QED) is 0.199. The van der Waals surface area contributed by atoms with Crippen molar-refractivity contribution in [1.29, 1.82) is 0 Å². The van der Waals surface area contributed by atoms with Crippen molar-refractivity contribution >= 4 is 38.7 Å². The van der Waals surface area contributed by atoms with E-state index in [1.165, 1.54) is 107 Å². The molecule has 0 aromatic rings. The van der Waals surface area contributed by atoms with Crippen LogP contribution in [0, 0.1) is 0 Å². The van der Waals surface area contributed by atoms with E-state index in [4.69, 9.17) is 0 Å². The van der Waals surface area contributed by atoms with Crippen LogP contribution in [-0.2, 0) is 0 Å². The summed E-state index contributed by atoms with van der Waals surface area (Å²) in [5.41, 5.74) is 0. The fourth-order valence-electron chi connectivity index (χ4n) is 2.72. The molecular weight excluding hydrogens is 320 g/mol. The second-order valence-electron chi connectivity index (χ2n) is 6.16. The van der Waals surface area contributed by atoms with Gasteiger partial charge in [0.05, 0.1) is 0 Å². The van der Waals surface area contributed by atoms with Crippen molar-refractivity contribution in [2.45, 2.75) is 114 Å². The third-order valence-corrected chi connectivity index (χ3v) is 4.60. The summed E-state index contributed by atoms with van der Waals surface area (Å²) in [6.45, 7) is 2.30. The summed E-state index contributed by atoms with van der Waals surface area (Å²) in [4.78, 5) is 0. The number of hydrogen-bond donors (Lipinski definition) is 0. The van der Waals surface area contributed by atoms with Gasteiger partial charge >= 0.3 is 0 Å². The molecule has 0 saturated carbocycles. The van der Waals surface area contributed by atoms with Crippen LogP contribution in [-0.4, -0.2) is 21.7 Å². The van der Waals surface area contributed by atoms with Gasteiger partial charge < -0.3 is 0 Å². The lowest BCUT2D eigenvalue weighted by Crippen LogP contribution is -1.83. The second-order valence-corrected chi connectivity index (χ2v) is 6.86. The Kier molecular flexibility index (Phi) is 26.5. The number of halogens is 1. The highest BCUT2D eigenvalue weighted by atomic mass is 79.9. The Morgan fingerprint density at radius 3 is 0.950 bits per heavy atom. The van der Waals surface area contributed by atoms with Crippen LogP contribution in [0.2, 0.25) is 4.55 Å². The van der Waals surface area contributed by atoms with Crippen molar-refractivity contribution in [3.63, 3.8) is 0 Å². The Labute approximate surface area is 152 Å². The molecule has 0 nitrogen and oxygen atoms in total. The van der Waals surface area contributed by atoms with Gasteiger partial charge in [0.2, 0.25) is 21.7 Å². The maximum Gasteiger partial charge on any atom is 0.222 e. The molecule has 0 spiro atoms. The Morgan fingerprint density at radius 1 is 0.450 bits per heavy atom. The van der Waals surface area contributed by atoms with Crippen LogP contribution in [0.3, 0.4) is 0 Å². The predicted molar refractivity (Wildman–Crippen MR) is 100 cm³/mol. The first-order valence-corrected chi connectivity index (χ1v) is 10.2. The van der Waals surface area contributed by atoms with E-state index in [9.17, 15) is 0 Å². The summed E-state index contributed by atoms with van der Waals surface area (Å²) in [7, 11) is 0. The zero-order valence-electron chi connectivity index (χ0n) is 14.1. The van der Waals surface area contributed by atoms with E-state index in [0.717, 1.165) is 0 Å². The lowest BCUT2D eigenvalue weighted by atomic mass is 10.0. The molecule has 0 rings (SSSR count). The molecule has 2 heteroatoms. The van der Waals surface area contributed by atoms with Crippen LogP contribution in [0.4, 0.5) is 0 Å². The van der Waals surface area contributed by atoms with Crippen LogP contribution >= 0.6 is 17.0 Å². The lowest BCUT2D eigenvalue weighted by molar-refractivity contribution is 0.531. The topological polar surface area (TPSA) is 0 Å². The summed E-state index contributed by atoms with van der Waals surface area (Å²) >= 11 is 2.12. The SMILES string of the molecule is Br.CCCCCCCCCCCCCCCCC[CH2][Mg]. The molecule has 0 amide bonds. The van der Waals surface area contributed by atoms with Crippen molar-refractivity contribution in [2.24, 2.45) is 0 Å². The molecule has 119 valence electrons. The molecule has 0 bridgehead atoms. The molecule has 1 radical (unpaired) electrons. The van der Waals surface area contributed by atoms with Crippen molar-refractivity contribution in [2.75, 3.05) is 0 Å². The highest BCUT2D eigenvalue weighted by Gasteiger charge is 1.93. The van der Waals surface area contributed by atoms with Crippen LogP contribution < -0.4 is 0 Å². The van der Waals surface area contributed by atoms with Crippen molar-refractivity contribution in [3.8, 4) is 0 Å². The van der Waals surface area contributed by atoms with Gasteiger partial charge in [-0.2, -0.15) is 4.55 Å². The van der Waals surface area contributed by atoms with Gasteiger partial charge in [0.1, 0.15) is 0 Å². The largest absolute Gasteiger partial charge is 0.222 e. The minimum atomic E-state index is 0.